The number of aliphatic hydroxyl groups is 24. The highest BCUT2D eigenvalue weighted by molar-refractivity contribution is 5.84. The van der Waals surface area contributed by atoms with E-state index in [-0.39, 0.29) is 6.54 Å². The van der Waals surface area contributed by atoms with E-state index in [0.29, 0.717) is 0 Å². The summed E-state index contributed by atoms with van der Waals surface area (Å²) in [6, 6.07) is -3.68. The molecule has 29 unspecified atom stereocenters. The Labute approximate surface area is 447 Å². The molecule has 3 heterocycles. The molecule has 29 atom stereocenters. The molecular weight excluding hydrogens is 1090 g/mol. The lowest BCUT2D eigenvalue weighted by Crippen LogP contribution is -2.64. The first-order valence-corrected chi connectivity index (χ1v) is 24.5. The van der Waals surface area contributed by atoms with Crippen molar-refractivity contribution in [2.75, 3.05) is 59.8 Å². The minimum absolute atomic E-state index is 0.198. The monoisotopic (exact) mass is 1170 g/mol. The van der Waals surface area contributed by atoms with Crippen molar-refractivity contribution in [3.63, 3.8) is 0 Å². The molecule has 0 radical (unpaired) electrons. The van der Waals surface area contributed by atoms with Crippen LogP contribution in [-0.2, 0) is 42.8 Å². The van der Waals surface area contributed by atoms with Gasteiger partial charge in [-0.2, -0.15) is 0 Å². The van der Waals surface area contributed by atoms with Gasteiger partial charge in [0.15, 0.2) is 37.2 Å². The summed E-state index contributed by atoms with van der Waals surface area (Å²) in [6.07, 6.45) is -60.7. The summed E-state index contributed by atoms with van der Waals surface area (Å²) < 4.78 is 31.5. The summed E-state index contributed by atoms with van der Waals surface area (Å²) in [5, 5.41) is 258. The highest BCUT2D eigenvalue weighted by atomic mass is 16.7. The zero-order chi connectivity index (χ0) is 59.9. The number of ether oxygens (including phenoxy) is 6. The van der Waals surface area contributed by atoms with Crippen LogP contribution in [0.15, 0.2) is 0 Å². The molecule has 0 aromatic rings. The Morgan fingerprint density at radius 3 is 1.00 bits per heavy atom. The summed E-state index contributed by atoms with van der Waals surface area (Å²) in [5.41, 5.74) is 0. The topological polar surface area (TPSA) is 640 Å². The van der Waals surface area contributed by atoms with Crippen molar-refractivity contribution in [2.45, 2.75) is 184 Å². The average molecular weight is 1170 g/mol. The lowest BCUT2D eigenvalue weighted by atomic mass is 9.97. The van der Waals surface area contributed by atoms with Crippen LogP contribution >= 0.6 is 0 Å². The summed E-state index contributed by atoms with van der Waals surface area (Å²) in [5.74, 6) is -5.06. The first-order valence-electron chi connectivity index (χ1n) is 24.5. The van der Waals surface area contributed by atoms with Gasteiger partial charge in [0, 0.05) is 6.54 Å². The van der Waals surface area contributed by atoms with Crippen molar-refractivity contribution in [2.24, 2.45) is 0 Å². The summed E-state index contributed by atoms with van der Waals surface area (Å²) in [6.45, 7) is -8.14. The molecular formula is C42H78N4O33. The minimum atomic E-state index is -2.85. The van der Waals surface area contributed by atoms with Gasteiger partial charge >= 0.3 is 0 Å². The van der Waals surface area contributed by atoms with E-state index in [9.17, 15) is 137 Å². The molecule has 79 heavy (non-hydrogen) atoms. The van der Waals surface area contributed by atoms with Gasteiger partial charge in [-0.15, -0.1) is 0 Å². The Hall–Kier alpha value is -2.83. The van der Waals surface area contributed by atoms with Crippen molar-refractivity contribution in [1.29, 1.82) is 0 Å². The predicted molar refractivity (Wildman–Crippen MR) is 247 cm³/mol. The smallest absolute Gasteiger partial charge is 0.252 e. The van der Waals surface area contributed by atoms with Crippen molar-refractivity contribution >= 4 is 17.7 Å². The molecule has 464 valence electrons. The molecule has 3 amide bonds. The molecule has 3 saturated heterocycles. The van der Waals surface area contributed by atoms with E-state index in [1.54, 1.807) is 0 Å². The van der Waals surface area contributed by atoms with Gasteiger partial charge < -0.3 is 172 Å². The maximum absolute atomic E-state index is 13.9. The van der Waals surface area contributed by atoms with Crippen molar-refractivity contribution < 1.29 is 165 Å². The van der Waals surface area contributed by atoms with Gasteiger partial charge in [0.1, 0.15) is 128 Å². The molecule has 0 spiro atoms. The lowest BCUT2D eigenvalue weighted by molar-refractivity contribution is -0.326. The molecule has 0 bridgehead atoms. The Morgan fingerprint density at radius 2 is 0.722 bits per heavy atom. The summed E-state index contributed by atoms with van der Waals surface area (Å²) in [4.78, 5) is 41.4. The van der Waals surface area contributed by atoms with Crippen LogP contribution in [0.25, 0.3) is 0 Å². The first-order chi connectivity index (χ1) is 37.1. The van der Waals surface area contributed by atoms with Crippen LogP contribution in [0, 0.1) is 0 Å². The van der Waals surface area contributed by atoms with Gasteiger partial charge in [0.05, 0.1) is 51.7 Å². The maximum Gasteiger partial charge on any atom is 0.252 e. The second-order valence-electron chi connectivity index (χ2n) is 18.8. The van der Waals surface area contributed by atoms with Crippen LogP contribution in [-0.4, -0.2) is 378 Å². The van der Waals surface area contributed by atoms with Crippen LogP contribution in [0.1, 0.15) is 6.42 Å². The van der Waals surface area contributed by atoms with Crippen molar-refractivity contribution in [3.05, 3.63) is 0 Å². The van der Waals surface area contributed by atoms with Crippen molar-refractivity contribution in [3.8, 4) is 0 Å². The fraction of sp³-hybridized carbons (Fsp3) is 0.929. The normalized spacial score (nSPS) is 35.0. The third kappa shape index (κ3) is 17.8. The fourth-order valence-electron chi connectivity index (χ4n) is 8.34. The number of carbonyl (C=O) groups is 3. The molecule has 37 nitrogen and oxygen atoms in total. The zero-order valence-electron chi connectivity index (χ0n) is 42.0. The second kappa shape index (κ2) is 32.9. The molecule has 37 heteroatoms. The van der Waals surface area contributed by atoms with Gasteiger partial charge in [-0.25, -0.2) is 0 Å². The quantitative estimate of drug-likeness (QED) is 0.0297. The number of hydrogen-bond acceptors (Lipinski definition) is 34. The lowest BCUT2D eigenvalue weighted by Gasteiger charge is -2.42. The van der Waals surface area contributed by atoms with Crippen LogP contribution in [0.5, 0.6) is 0 Å². The Bertz CT molecular complexity index is 1800. The van der Waals surface area contributed by atoms with Gasteiger partial charge in [-0.05, 0) is 20.0 Å². The Kier molecular flexibility index (Phi) is 29.3. The molecule has 3 fully saturated rings. The largest absolute Gasteiger partial charge is 0.394 e. The number of aliphatic hydroxyl groups excluding tert-OH is 24. The van der Waals surface area contributed by atoms with Crippen LogP contribution in [0.4, 0.5) is 0 Å². The fourth-order valence-corrected chi connectivity index (χ4v) is 8.34. The SMILES string of the molecule is CNCCC(NC(=O)C(O)C(O)C(OC1OC(CO)C(O)C(O)C1O)C(O)CO)C(CNC(=O)C(O)C(O)C(OC1OC(CO)C(O)C(O)C1O)C(O)CO)NC(=O)C(O)C(O)C(OC1OC(CO)C(O)C(O)C1O)C(O)CO. The van der Waals surface area contributed by atoms with E-state index in [1.165, 1.54) is 7.05 Å². The Balaban J connectivity index is 2.01. The number of carbonyl (C=O) groups excluding carboxylic acids is 3. The number of hydrogen-bond donors (Lipinski definition) is 28. The molecule has 0 aromatic carbocycles. The number of rotatable bonds is 32. The molecule has 28 N–H and O–H groups in total. The van der Waals surface area contributed by atoms with Crippen LogP contribution in [0.3, 0.4) is 0 Å². The van der Waals surface area contributed by atoms with Gasteiger partial charge in [0.2, 0.25) is 0 Å². The van der Waals surface area contributed by atoms with Gasteiger partial charge in [-0.1, -0.05) is 0 Å². The highest BCUT2D eigenvalue weighted by Gasteiger charge is 2.51. The van der Waals surface area contributed by atoms with Crippen molar-refractivity contribution in [1.82, 2.24) is 21.3 Å². The van der Waals surface area contributed by atoms with Crippen LogP contribution < -0.4 is 21.3 Å². The first kappa shape index (κ1) is 70.4. The van der Waals surface area contributed by atoms with E-state index in [4.69, 9.17) is 28.4 Å². The van der Waals surface area contributed by atoms with Crippen LogP contribution in [0.2, 0.25) is 0 Å². The molecule has 0 aliphatic carbocycles. The third-order valence-corrected chi connectivity index (χ3v) is 13.2. The molecule has 3 aliphatic rings. The minimum Gasteiger partial charge on any atom is -0.394 e. The van der Waals surface area contributed by atoms with E-state index in [2.05, 4.69) is 16.0 Å². The van der Waals surface area contributed by atoms with E-state index < -0.39 is 248 Å². The van der Waals surface area contributed by atoms with Gasteiger partial charge in [-0.3, -0.25) is 14.4 Å². The predicted octanol–water partition coefficient (Wildman–Crippen LogP) is -18.5. The number of amides is 3. The standard InChI is InChI=1S/C42H78N4O33/c1-43-3-2-11(45-38(72)29(66)26(63)35(14(54)6-48)78-41-32(69)23(60)20(57)17(9-51)75-41)12(46-39(73)30(67)27(64)36(15(55)7-49)79-42-33(70)24(61)21(58)18(10-52)76-42)4-44-37(71)28(65)25(62)34(13(53)5-47)77-40-31(68)22(59)19(56)16(8-50)74-40/h11-36,40-43,47-70H,2-10H2,1H3,(H,44,71)(H,45,72)(H,46,73). The zero-order valence-corrected chi connectivity index (χ0v) is 42.0. The maximum atomic E-state index is 13.9. The molecule has 0 saturated carbocycles. The van der Waals surface area contributed by atoms with E-state index in [0.717, 1.165) is 0 Å². The summed E-state index contributed by atoms with van der Waals surface area (Å²) in [7, 11) is 1.35. The highest BCUT2D eigenvalue weighted by Crippen LogP contribution is 2.28. The molecule has 3 rings (SSSR count). The molecule has 0 aromatic heterocycles. The average Bonchev–Trinajstić information content (AvgIpc) is 3.46. The van der Waals surface area contributed by atoms with E-state index in [1.807, 2.05) is 5.32 Å². The Morgan fingerprint density at radius 1 is 0.430 bits per heavy atom. The van der Waals surface area contributed by atoms with Gasteiger partial charge in [0.25, 0.3) is 17.7 Å². The summed E-state index contributed by atoms with van der Waals surface area (Å²) >= 11 is 0. The second-order valence-corrected chi connectivity index (χ2v) is 18.8. The number of nitrogens with one attached hydrogen (secondary N) is 4. The van der Waals surface area contributed by atoms with E-state index >= 15 is 0 Å². The molecule has 3 aliphatic heterocycles. The third-order valence-electron chi connectivity index (χ3n) is 13.2.